The van der Waals surface area contributed by atoms with E-state index in [2.05, 4.69) is 4.98 Å². The number of benzene rings is 1. The summed E-state index contributed by atoms with van der Waals surface area (Å²) < 4.78 is 26.4. The molecule has 0 aliphatic carbocycles. The number of hydrogen-bond acceptors (Lipinski definition) is 2. The quantitative estimate of drug-likeness (QED) is 0.804. The average molecular weight is 222 g/mol. The fourth-order valence-corrected chi connectivity index (χ4v) is 1.67. The van der Waals surface area contributed by atoms with Gasteiger partial charge >= 0.3 is 0 Å². The molecule has 0 unspecified atom stereocenters. The van der Waals surface area contributed by atoms with E-state index >= 15 is 0 Å². The van der Waals surface area contributed by atoms with Crippen LogP contribution in [-0.2, 0) is 0 Å². The summed E-state index contributed by atoms with van der Waals surface area (Å²) in [4.78, 5) is 3.92. The molecule has 2 nitrogen and oxygen atoms in total. The number of nitrogens with zero attached hydrogens (tertiary/aromatic N) is 1. The number of halogens is 2. The predicted molar refractivity (Wildman–Crippen MR) is 60.2 cm³/mol. The van der Waals surface area contributed by atoms with Gasteiger partial charge in [-0.2, -0.15) is 0 Å². The Morgan fingerprint density at radius 3 is 2.56 bits per heavy atom. The van der Waals surface area contributed by atoms with Gasteiger partial charge in [-0.15, -0.1) is 0 Å². The van der Waals surface area contributed by atoms with Gasteiger partial charge in [0.1, 0.15) is 11.3 Å². The lowest BCUT2D eigenvalue weighted by Gasteiger charge is -2.10. The highest BCUT2D eigenvalue weighted by atomic mass is 19.2. The summed E-state index contributed by atoms with van der Waals surface area (Å²) in [6.45, 7) is 3.94. The van der Waals surface area contributed by atoms with Crippen LogP contribution in [0.4, 0.5) is 14.6 Å². The van der Waals surface area contributed by atoms with Crippen LogP contribution in [0, 0.1) is 11.6 Å². The normalized spacial score (nSPS) is 11.3. The Morgan fingerprint density at radius 1 is 1.25 bits per heavy atom. The Bertz CT molecular complexity index is 550. The van der Waals surface area contributed by atoms with E-state index in [1.807, 2.05) is 13.8 Å². The lowest BCUT2D eigenvalue weighted by Crippen LogP contribution is -2.01. The Labute approximate surface area is 92.1 Å². The van der Waals surface area contributed by atoms with Gasteiger partial charge in [-0.1, -0.05) is 13.8 Å². The Hall–Kier alpha value is -1.71. The number of nitrogen functional groups attached to an aromatic ring is 1. The molecule has 2 rings (SSSR count). The number of rotatable bonds is 1. The zero-order valence-corrected chi connectivity index (χ0v) is 9.09. The Balaban J connectivity index is 2.79. The van der Waals surface area contributed by atoms with Gasteiger partial charge in [-0.3, -0.25) is 0 Å². The summed E-state index contributed by atoms with van der Waals surface area (Å²) in [7, 11) is 0. The molecule has 0 radical (unpaired) electrons. The highest BCUT2D eigenvalue weighted by molar-refractivity contribution is 5.82. The van der Waals surface area contributed by atoms with Crippen molar-refractivity contribution in [2.45, 2.75) is 19.8 Å². The van der Waals surface area contributed by atoms with Crippen molar-refractivity contribution >= 4 is 16.7 Å². The first-order valence-electron chi connectivity index (χ1n) is 5.05. The molecule has 0 fully saturated rings. The SMILES string of the molecule is CC(C)c1cc2ccc(F)c(F)c2nc1N. The van der Waals surface area contributed by atoms with Crippen LogP contribution in [0.3, 0.4) is 0 Å². The van der Waals surface area contributed by atoms with E-state index in [0.29, 0.717) is 5.39 Å². The molecule has 0 atom stereocenters. The van der Waals surface area contributed by atoms with Crippen LogP contribution in [0.2, 0.25) is 0 Å². The minimum Gasteiger partial charge on any atom is -0.383 e. The molecule has 4 heteroatoms. The second kappa shape index (κ2) is 3.70. The largest absolute Gasteiger partial charge is 0.383 e. The summed E-state index contributed by atoms with van der Waals surface area (Å²) in [5.74, 6) is -1.40. The summed E-state index contributed by atoms with van der Waals surface area (Å²) in [6, 6.07) is 4.36. The molecular formula is C12H12F2N2. The van der Waals surface area contributed by atoms with Crippen LogP contribution < -0.4 is 5.73 Å². The third kappa shape index (κ3) is 1.60. The number of nitrogens with two attached hydrogens (primary N) is 1. The van der Waals surface area contributed by atoms with Crippen molar-refractivity contribution < 1.29 is 8.78 Å². The van der Waals surface area contributed by atoms with E-state index in [0.717, 1.165) is 11.6 Å². The van der Waals surface area contributed by atoms with Crippen LogP contribution in [0.25, 0.3) is 10.9 Å². The zero-order valence-electron chi connectivity index (χ0n) is 9.09. The van der Waals surface area contributed by atoms with Crippen molar-refractivity contribution in [1.82, 2.24) is 4.98 Å². The molecule has 84 valence electrons. The van der Waals surface area contributed by atoms with Crippen LogP contribution in [0.15, 0.2) is 18.2 Å². The van der Waals surface area contributed by atoms with Crippen LogP contribution in [0.1, 0.15) is 25.3 Å². The van der Waals surface area contributed by atoms with Crippen molar-refractivity contribution in [3.05, 3.63) is 35.4 Å². The maximum atomic E-state index is 13.4. The highest BCUT2D eigenvalue weighted by Crippen LogP contribution is 2.26. The molecule has 2 aromatic rings. The predicted octanol–water partition coefficient (Wildman–Crippen LogP) is 3.22. The molecule has 0 aliphatic rings. The van der Waals surface area contributed by atoms with Crippen molar-refractivity contribution in [1.29, 1.82) is 0 Å². The fraction of sp³-hybridized carbons (Fsp3) is 0.250. The molecule has 0 bridgehead atoms. The Kier molecular flexibility index (Phi) is 2.50. The Morgan fingerprint density at radius 2 is 1.94 bits per heavy atom. The van der Waals surface area contributed by atoms with Gasteiger partial charge in [0.05, 0.1) is 0 Å². The second-order valence-corrected chi connectivity index (χ2v) is 4.05. The molecule has 1 heterocycles. The molecule has 0 saturated heterocycles. The van der Waals surface area contributed by atoms with Gasteiger partial charge in [0.15, 0.2) is 11.6 Å². The smallest absolute Gasteiger partial charge is 0.185 e. The number of hydrogen-bond donors (Lipinski definition) is 1. The van der Waals surface area contributed by atoms with Crippen LogP contribution in [0.5, 0.6) is 0 Å². The van der Waals surface area contributed by atoms with Gasteiger partial charge in [-0.25, -0.2) is 13.8 Å². The lowest BCUT2D eigenvalue weighted by molar-refractivity contribution is 0.515. The van der Waals surface area contributed by atoms with E-state index in [4.69, 9.17) is 5.73 Å². The number of anilines is 1. The van der Waals surface area contributed by atoms with Crippen molar-refractivity contribution in [2.24, 2.45) is 0 Å². The maximum absolute atomic E-state index is 13.4. The monoisotopic (exact) mass is 222 g/mol. The molecule has 2 N–H and O–H groups in total. The van der Waals surface area contributed by atoms with Gasteiger partial charge in [0.2, 0.25) is 0 Å². The van der Waals surface area contributed by atoms with E-state index < -0.39 is 11.6 Å². The van der Waals surface area contributed by atoms with E-state index in [-0.39, 0.29) is 17.3 Å². The van der Waals surface area contributed by atoms with Crippen molar-refractivity contribution in [2.75, 3.05) is 5.73 Å². The number of pyridine rings is 1. The molecule has 1 aromatic carbocycles. The van der Waals surface area contributed by atoms with Gasteiger partial charge in [0, 0.05) is 5.39 Å². The number of fused-ring (bicyclic) bond motifs is 1. The molecular weight excluding hydrogens is 210 g/mol. The van der Waals surface area contributed by atoms with Gasteiger partial charge in [0.25, 0.3) is 0 Å². The number of aromatic nitrogens is 1. The summed E-state index contributed by atoms with van der Waals surface area (Å²) in [5.41, 5.74) is 6.54. The average Bonchev–Trinajstić information content (AvgIpc) is 2.23. The van der Waals surface area contributed by atoms with Crippen LogP contribution >= 0.6 is 0 Å². The van der Waals surface area contributed by atoms with E-state index in [9.17, 15) is 8.78 Å². The third-order valence-electron chi connectivity index (χ3n) is 2.56. The second-order valence-electron chi connectivity index (χ2n) is 4.05. The summed E-state index contributed by atoms with van der Waals surface area (Å²) in [5, 5.41) is 0.566. The molecule has 16 heavy (non-hydrogen) atoms. The first-order chi connectivity index (χ1) is 7.50. The van der Waals surface area contributed by atoms with Crippen molar-refractivity contribution in [3.8, 4) is 0 Å². The minimum absolute atomic E-state index is 0.0121. The zero-order chi connectivity index (χ0) is 11.9. The van der Waals surface area contributed by atoms with Crippen molar-refractivity contribution in [3.63, 3.8) is 0 Å². The molecule has 0 saturated carbocycles. The van der Waals surface area contributed by atoms with Crippen LogP contribution in [-0.4, -0.2) is 4.98 Å². The molecule has 1 aromatic heterocycles. The lowest BCUT2D eigenvalue weighted by atomic mass is 10.0. The summed E-state index contributed by atoms with van der Waals surface area (Å²) >= 11 is 0. The van der Waals surface area contributed by atoms with Gasteiger partial charge in [-0.05, 0) is 29.7 Å². The van der Waals surface area contributed by atoms with E-state index in [1.165, 1.54) is 6.07 Å². The molecule has 0 spiro atoms. The minimum atomic E-state index is -0.945. The maximum Gasteiger partial charge on any atom is 0.185 e. The standard InChI is InChI=1S/C12H12F2N2/c1-6(2)8-5-7-3-4-9(13)10(14)11(7)16-12(8)15/h3-6H,1-2H3,(H2,15,16). The third-order valence-corrected chi connectivity index (χ3v) is 2.56. The van der Waals surface area contributed by atoms with E-state index in [1.54, 1.807) is 6.07 Å². The first kappa shape index (κ1) is 10.8. The molecule has 0 aliphatic heterocycles. The van der Waals surface area contributed by atoms with Gasteiger partial charge < -0.3 is 5.73 Å². The molecule has 0 amide bonds. The highest BCUT2D eigenvalue weighted by Gasteiger charge is 2.12. The fourth-order valence-electron chi connectivity index (χ4n) is 1.67. The first-order valence-corrected chi connectivity index (χ1v) is 5.05. The topological polar surface area (TPSA) is 38.9 Å². The summed E-state index contributed by atoms with van der Waals surface area (Å²) in [6.07, 6.45) is 0.